The summed E-state index contributed by atoms with van der Waals surface area (Å²) in [6.07, 6.45) is 5.70. The summed E-state index contributed by atoms with van der Waals surface area (Å²) >= 11 is 7.98. The van der Waals surface area contributed by atoms with Crippen molar-refractivity contribution >= 4 is 40.4 Å². The summed E-state index contributed by atoms with van der Waals surface area (Å²) < 4.78 is 3.55. The van der Waals surface area contributed by atoms with Crippen LogP contribution < -0.4 is 4.72 Å². The first-order valence-corrected chi connectivity index (χ1v) is 13.3. The fourth-order valence-electron chi connectivity index (χ4n) is 4.59. The van der Waals surface area contributed by atoms with E-state index in [9.17, 15) is 4.79 Å². The number of fused-ring (bicyclic) bond motifs is 1. The minimum atomic E-state index is -0.277. The summed E-state index contributed by atoms with van der Waals surface area (Å²) in [5.41, 5.74) is 3.46. The Bertz CT molecular complexity index is 1110. The van der Waals surface area contributed by atoms with E-state index < -0.39 is 0 Å². The number of carbonyl (C=O) groups excluding carboxylic acids is 1. The van der Waals surface area contributed by atoms with Crippen LogP contribution in [0.1, 0.15) is 37.3 Å². The van der Waals surface area contributed by atoms with Gasteiger partial charge in [-0.3, -0.25) is 4.79 Å². The highest BCUT2D eigenvalue weighted by molar-refractivity contribution is 7.97. The number of nitrogens with one attached hydrogen (secondary N) is 2. The molecule has 0 saturated carbocycles. The van der Waals surface area contributed by atoms with Crippen LogP contribution in [-0.4, -0.2) is 53.9 Å². The summed E-state index contributed by atoms with van der Waals surface area (Å²) in [4.78, 5) is 22.3. The van der Waals surface area contributed by atoms with E-state index >= 15 is 0 Å². The number of benzene rings is 2. The smallest absolute Gasteiger partial charge is 0.240 e. The summed E-state index contributed by atoms with van der Waals surface area (Å²) in [6.45, 7) is 4.82. The maximum absolute atomic E-state index is 13.6. The quantitative estimate of drug-likeness (QED) is 0.369. The van der Waals surface area contributed by atoms with Gasteiger partial charge in [-0.1, -0.05) is 42.8 Å². The van der Waals surface area contributed by atoms with Crippen LogP contribution in [-0.2, 0) is 17.8 Å². The second-order valence-electron chi connectivity index (χ2n) is 9.64. The molecule has 1 atom stereocenters. The monoisotopic (exact) mass is 498 g/mol. The highest BCUT2D eigenvalue weighted by Gasteiger charge is 2.27. The van der Waals surface area contributed by atoms with Crippen molar-refractivity contribution in [2.75, 3.05) is 27.2 Å². The van der Waals surface area contributed by atoms with Crippen molar-refractivity contribution in [3.8, 4) is 0 Å². The molecule has 1 unspecified atom stereocenters. The molecule has 4 rings (SSSR count). The number of likely N-dealkylation sites (tertiary alicyclic amines) is 1. The lowest BCUT2D eigenvalue weighted by atomic mass is 9.98. The third kappa shape index (κ3) is 6.16. The highest BCUT2D eigenvalue weighted by Crippen LogP contribution is 2.31. The van der Waals surface area contributed by atoms with Gasteiger partial charge >= 0.3 is 0 Å². The van der Waals surface area contributed by atoms with Gasteiger partial charge in [-0.25, -0.2) is 4.72 Å². The highest BCUT2D eigenvalue weighted by atomic mass is 35.5. The third-order valence-corrected chi connectivity index (χ3v) is 7.93. The molecule has 1 aromatic heterocycles. The van der Waals surface area contributed by atoms with Gasteiger partial charge in [-0.2, -0.15) is 0 Å². The zero-order valence-electron chi connectivity index (χ0n) is 20.3. The molecule has 5 nitrogen and oxygen atoms in total. The van der Waals surface area contributed by atoms with Gasteiger partial charge in [-0.15, -0.1) is 0 Å². The Kier molecular flexibility index (Phi) is 8.59. The minimum Gasteiger partial charge on any atom is -0.361 e. The van der Waals surface area contributed by atoms with Crippen LogP contribution in [0.25, 0.3) is 10.9 Å². The molecule has 0 aliphatic carbocycles. The second kappa shape index (κ2) is 11.6. The number of hydrogen-bond acceptors (Lipinski definition) is 4. The molecular weight excluding hydrogens is 464 g/mol. The van der Waals surface area contributed by atoms with Gasteiger partial charge in [0, 0.05) is 46.7 Å². The predicted octanol–water partition coefficient (Wildman–Crippen LogP) is 5.74. The number of hydrogen-bond donors (Lipinski definition) is 2. The molecule has 2 heterocycles. The topological polar surface area (TPSA) is 51.4 Å². The lowest BCUT2D eigenvalue weighted by molar-refractivity contribution is -0.134. The summed E-state index contributed by atoms with van der Waals surface area (Å²) in [7, 11) is 4.16. The van der Waals surface area contributed by atoms with Gasteiger partial charge in [0.1, 0.15) is 0 Å². The molecule has 1 amide bonds. The minimum absolute atomic E-state index is 0.196. The molecule has 182 valence electrons. The Hall–Kier alpha value is -1.99. The number of H-pyrrole nitrogens is 1. The van der Waals surface area contributed by atoms with E-state index in [2.05, 4.69) is 60.0 Å². The van der Waals surface area contributed by atoms with Crippen molar-refractivity contribution in [2.24, 2.45) is 5.92 Å². The maximum Gasteiger partial charge on any atom is 0.240 e. The molecular formula is C27H35ClN4OS. The van der Waals surface area contributed by atoms with Gasteiger partial charge in [0.2, 0.25) is 5.91 Å². The number of piperidine rings is 1. The Balaban J connectivity index is 1.52. The van der Waals surface area contributed by atoms with Gasteiger partial charge < -0.3 is 14.8 Å². The number of aryl methyl sites for hydroxylation is 1. The third-order valence-electron chi connectivity index (χ3n) is 6.60. The van der Waals surface area contributed by atoms with E-state index in [4.69, 9.17) is 11.6 Å². The van der Waals surface area contributed by atoms with Crippen LogP contribution in [0.15, 0.2) is 53.6 Å². The van der Waals surface area contributed by atoms with Gasteiger partial charge in [0.25, 0.3) is 0 Å². The van der Waals surface area contributed by atoms with E-state index in [1.165, 1.54) is 10.9 Å². The Morgan fingerprint density at radius 3 is 2.68 bits per heavy atom. The first-order valence-electron chi connectivity index (χ1n) is 12.1. The largest absolute Gasteiger partial charge is 0.361 e. The lowest BCUT2D eigenvalue weighted by Gasteiger charge is -2.33. The van der Waals surface area contributed by atoms with Crippen molar-refractivity contribution in [2.45, 2.75) is 50.1 Å². The zero-order chi connectivity index (χ0) is 24.1. The molecule has 34 heavy (non-hydrogen) atoms. The lowest BCUT2D eigenvalue weighted by Crippen LogP contribution is -2.47. The zero-order valence-corrected chi connectivity index (χ0v) is 21.9. The molecule has 1 saturated heterocycles. The van der Waals surface area contributed by atoms with Crippen LogP contribution in [0.3, 0.4) is 0 Å². The number of carbonyl (C=O) groups is 1. The fourth-order valence-corrected chi connectivity index (χ4v) is 5.80. The summed E-state index contributed by atoms with van der Waals surface area (Å²) in [5.74, 6) is 0.885. The second-order valence-corrected chi connectivity index (χ2v) is 10.9. The number of aromatic amines is 1. The van der Waals surface area contributed by atoms with Crippen LogP contribution in [0.5, 0.6) is 0 Å². The summed E-state index contributed by atoms with van der Waals surface area (Å²) in [5, 5.41) is 1.98. The number of nitrogens with zero attached hydrogens (tertiary/aromatic N) is 2. The van der Waals surface area contributed by atoms with Crippen molar-refractivity contribution in [3.63, 3.8) is 0 Å². The average Bonchev–Trinajstić information content (AvgIpc) is 3.23. The summed E-state index contributed by atoms with van der Waals surface area (Å²) in [6, 6.07) is 13.9. The van der Waals surface area contributed by atoms with Gasteiger partial charge in [-0.05, 0) is 87.0 Å². The van der Waals surface area contributed by atoms with E-state index in [-0.39, 0.29) is 11.9 Å². The number of halogens is 1. The number of aromatic nitrogens is 1. The molecule has 7 heteroatoms. The standard InChI is InChI=1S/C27H35ClN4OS/c1-19-13-15-32(16-14-19)27(33)24(12-11-20-7-4-5-8-22(20)28)30-34-25-10-6-9-23-26(25)21(17-29-23)18-31(2)3/h4-10,17,19,24,29-30H,11-16,18H2,1-3H3. The first kappa shape index (κ1) is 25.1. The molecule has 0 radical (unpaired) electrons. The fraction of sp³-hybridized carbons (Fsp3) is 0.444. The molecule has 0 spiro atoms. The number of amides is 1. The van der Waals surface area contributed by atoms with Crippen LogP contribution in [0.2, 0.25) is 5.02 Å². The average molecular weight is 499 g/mol. The molecule has 2 aromatic carbocycles. The Morgan fingerprint density at radius 2 is 1.94 bits per heavy atom. The Labute approximate surface area is 212 Å². The van der Waals surface area contributed by atoms with Crippen LogP contribution >= 0.6 is 23.5 Å². The molecule has 0 bridgehead atoms. The molecule has 1 aliphatic heterocycles. The molecule has 1 fully saturated rings. The number of rotatable bonds is 9. The van der Waals surface area contributed by atoms with E-state index in [1.807, 2.05) is 29.2 Å². The molecule has 1 aliphatic rings. The van der Waals surface area contributed by atoms with Crippen molar-refractivity contribution in [1.29, 1.82) is 0 Å². The van der Waals surface area contributed by atoms with E-state index in [0.29, 0.717) is 12.3 Å². The first-order chi connectivity index (χ1) is 16.4. The maximum atomic E-state index is 13.6. The molecule has 3 aromatic rings. The van der Waals surface area contributed by atoms with Crippen molar-refractivity contribution in [3.05, 3.63) is 64.8 Å². The van der Waals surface area contributed by atoms with Gasteiger partial charge in [0.05, 0.1) is 6.04 Å². The van der Waals surface area contributed by atoms with Crippen molar-refractivity contribution in [1.82, 2.24) is 19.5 Å². The molecule has 2 N–H and O–H groups in total. The predicted molar refractivity (Wildman–Crippen MR) is 143 cm³/mol. The Morgan fingerprint density at radius 1 is 1.18 bits per heavy atom. The van der Waals surface area contributed by atoms with Gasteiger partial charge in [0.15, 0.2) is 0 Å². The van der Waals surface area contributed by atoms with Crippen LogP contribution in [0, 0.1) is 5.92 Å². The SMILES string of the molecule is CC1CCN(C(=O)C(CCc2ccccc2Cl)NSc2cccc3[nH]cc(CN(C)C)c23)CC1. The van der Waals surface area contributed by atoms with E-state index in [1.54, 1.807) is 11.9 Å². The van der Waals surface area contributed by atoms with Crippen LogP contribution in [0.4, 0.5) is 0 Å². The van der Waals surface area contributed by atoms with Crippen molar-refractivity contribution < 1.29 is 4.79 Å². The van der Waals surface area contributed by atoms with E-state index in [0.717, 1.165) is 59.9 Å². The normalized spacial score (nSPS) is 15.9.